The van der Waals surface area contributed by atoms with Crippen molar-refractivity contribution < 1.29 is 13.9 Å². The van der Waals surface area contributed by atoms with E-state index in [9.17, 15) is 9.18 Å². The van der Waals surface area contributed by atoms with E-state index in [1.54, 1.807) is 18.3 Å². The average Bonchev–Trinajstić information content (AvgIpc) is 2.71. The van der Waals surface area contributed by atoms with Crippen LogP contribution in [0, 0.1) is 5.82 Å². The number of methoxy groups -OCH3 is 1. The lowest BCUT2D eigenvalue weighted by molar-refractivity contribution is -0.116. The Morgan fingerprint density at radius 3 is 2.81 bits per heavy atom. The van der Waals surface area contributed by atoms with Crippen molar-refractivity contribution in [3.63, 3.8) is 0 Å². The lowest BCUT2D eigenvalue weighted by atomic mass is 10.1. The van der Waals surface area contributed by atoms with E-state index in [0.29, 0.717) is 12.1 Å². The van der Waals surface area contributed by atoms with Crippen LogP contribution in [0.1, 0.15) is 30.4 Å². The lowest BCUT2D eigenvalue weighted by Gasteiger charge is -2.27. The van der Waals surface area contributed by atoms with Gasteiger partial charge in [-0.15, -0.1) is 0 Å². The third kappa shape index (κ3) is 5.29. The fraction of sp³-hybridized carbons (Fsp3) is 0.333. The summed E-state index contributed by atoms with van der Waals surface area (Å²) in [4.78, 5) is 18.8. The summed E-state index contributed by atoms with van der Waals surface area (Å²) in [6.45, 7) is 2.48. The third-order valence-electron chi connectivity index (χ3n) is 4.56. The standard InChI is InChI=1S/C21H24FN3O2/c1-27-19-7-5-16(13-18(19)22)6-8-21(26)24-15-17-9-10-23-20(14-17)25-11-3-2-4-12-25/h5-10,13-14H,2-4,11-12,15H2,1H3,(H,24,26)/b8-6+. The van der Waals surface area contributed by atoms with E-state index < -0.39 is 5.82 Å². The molecule has 0 unspecified atom stereocenters. The SMILES string of the molecule is COc1ccc(/C=C/C(=O)NCc2ccnc(N3CCCCC3)c2)cc1F. The Balaban J connectivity index is 1.55. The summed E-state index contributed by atoms with van der Waals surface area (Å²) in [5, 5.41) is 2.85. The van der Waals surface area contributed by atoms with Gasteiger partial charge in [-0.25, -0.2) is 9.37 Å². The van der Waals surface area contributed by atoms with Crippen molar-refractivity contribution in [3.05, 3.63) is 59.5 Å². The first-order valence-corrected chi connectivity index (χ1v) is 9.15. The number of ether oxygens (including phenoxy) is 1. The van der Waals surface area contributed by atoms with Gasteiger partial charge in [0.2, 0.25) is 5.91 Å². The van der Waals surface area contributed by atoms with Gasteiger partial charge >= 0.3 is 0 Å². The molecule has 2 heterocycles. The number of rotatable bonds is 6. The summed E-state index contributed by atoms with van der Waals surface area (Å²) in [6, 6.07) is 8.48. The molecule has 3 rings (SSSR count). The molecule has 0 radical (unpaired) electrons. The quantitative estimate of drug-likeness (QED) is 0.791. The van der Waals surface area contributed by atoms with E-state index in [1.165, 1.54) is 44.6 Å². The first-order chi connectivity index (χ1) is 13.2. The zero-order valence-corrected chi connectivity index (χ0v) is 15.5. The molecule has 1 N–H and O–H groups in total. The summed E-state index contributed by atoms with van der Waals surface area (Å²) in [5.41, 5.74) is 1.60. The number of aromatic nitrogens is 1. The molecule has 1 amide bonds. The van der Waals surface area contributed by atoms with Crippen molar-refractivity contribution in [2.45, 2.75) is 25.8 Å². The number of benzene rings is 1. The zero-order chi connectivity index (χ0) is 19.1. The second-order valence-electron chi connectivity index (χ2n) is 6.52. The molecule has 27 heavy (non-hydrogen) atoms. The Bertz CT molecular complexity index is 817. The molecule has 0 spiro atoms. The molecule has 1 aliphatic rings. The number of piperidine rings is 1. The fourth-order valence-corrected chi connectivity index (χ4v) is 3.07. The van der Waals surface area contributed by atoms with Crippen LogP contribution in [-0.4, -0.2) is 31.1 Å². The van der Waals surface area contributed by atoms with Crippen LogP contribution in [-0.2, 0) is 11.3 Å². The maximum absolute atomic E-state index is 13.7. The topological polar surface area (TPSA) is 54.5 Å². The maximum atomic E-state index is 13.7. The highest BCUT2D eigenvalue weighted by Crippen LogP contribution is 2.19. The highest BCUT2D eigenvalue weighted by Gasteiger charge is 2.12. The number of hydrogen-bond donors (Lipinski definition) is 1. The summed E-state index contributed by atoms with van der Waals surface area (Å²) in [5.74, 6) is 0.453. The lowest BCUT2D eigenvalue weighted by Crippen LogP contribution is -2.30. The van der Waals surface area contributed by atoms with Crippen LogP contribution < -0.4 is 15.0 Å². The minimum Gasteiger partial charge on any atom is -0.494 e. The van der Waals surface area contributed by atoms with Crippen molar-refractivity contribution in [3.8, 4) is 5.75 Å². The fourth-order valence-electron chi connectivity index (χ4n) is 3.07. The van der Waals surface area contributed by atoms with Gasteiger partial charge in [-0.2, -0.15) is 0 Å². The van der Waals surface area contributed by atoms with E-state index in [2.05, 4.69) is 15.2 Å². The number of hydrogen-bond acceptors (Lipinski definition) is 4. The molecule has 1 aromatic carbocycles. The first-order valence-electron chi connectivity index (χ1n) is 9.15. The van der Waals surface area contributed by atoms with Crippen LogP contribution in [0.5, 0.6) is 5.75 Å². The highest BCUT2D eigenvalue weighted by molar-refractivity contribution is 5.91. The minimum absolute atomic E-state index is 0.179. The van der Waals surface area contributed by atoms with E-state index in [1.807, 2.05) is 12.1 Å². The monoisotopic (exact) mass is 369 g/mol. The third-order valence-corrected chi connectivity index (χ3v) is 4.56. The molecule has 0 atom stereocenters. The number of amides is 1. The van der Waals surface area contributed by atoms with Crippen LogP contribution in [0.2, 0.25) is 0 Å². The Morgan fingerprint density at radius 2 is 2.07 bits per heavy atom. The van der Waals surface area contributed by atoms with Crippen molar-refractivity contribution in [2.24, 2.45) is 0 Å². The van der Waals surface area contributed by atoms with E-state index in [4.69, 9.17) is 4.74 Å². The highest BCUT2D eigenvalue weighted by atomic mass is 19.1. The van der Waals surface area contributed by atoms with E-state index >= 15 is 0 Å². The zero-order valence-electron chi connectivity index (χ0n) is 15.5. The summed E-state index contributed by atoms with van der Waals surface area (Å²) >= 11 is 0. The summed E-state index contributed by atoms with van der Waals surface area (Å²) in [7, 11) is 1.41. The van der Waals surface area contributed by atoms with Crippen molar-refractivity contribution in [1.29, 1.82) is 0 Å². The molecular weight excluding hydrogens is 345 g/mol. The molecule has 5 nitrogen and oxygen atoms in total. The number of carbonyl (C=O) groups is 1. The molecule has 0 aliphatic carbocycles. The molecule has 0 bridgehead atoms. The normalized spacial score (nSPS) is 14.4. The molecule has 1 aliphatic heterocycles. The van der Waals surface area contributed by atoms with Gasteiger partial charge in [-0.1, -0.05) is 6.07 Å². The average molecular weight is 369 g/mol. The predicted octanol–water partition coefficient (Wildman–Crippen LogP) is 3.55. The Labute approximate surface area is 158 Å². The summed E-state index contributed by atoms with van der Waals surface area (Å²) in [6.07, 6.45) is 8.41. The van der Waals surface area contributed by atoms with Crippen LogP contribution >= 0.6 is 0 Å². The second-order valence-corrected chi connectivity index (χ2v) is 6.52. The molecule has 142 valence electrons. The van der Waals surface area contributed by atoms with Gasteiger partial charge in [0.05, 0.1) is 7.11 Å². The number of anilines is 1. The Morgan fingerprint density at radius 1 is 1.26 bits per heavy atom. The smallest absolute Gasteiger partial charge is 0.244 e. The van der Waals surface area contributed by atoms with E-state index in [0.717, 1.165) is 24.5 Å². The number of carbonyl (C=O) groups excluding carboxylic acids is 1. The first kappa shape index (κ1) is 18.9. The van der Waals surface area contributed by atoms with Crippen molar-refractivity contribution >= 4 is 17.8 Å². The van der Waals surface area contributed by atoms with Crippen LogP contribution in [0.25, 0.3) is 6.08 Å². The van der Waals surface area contributed by atoms with Crippen LogP contribution in [0.15, 0.2) is 42.6 Å². The molecule has 2 aromatic rings. The molecule has 1 saturated heterocycles. The van der Waals surface area contributed by atoms with Gasteiger partial charge < -0.3 is 15.0 Å². The molecule has 1 fully saturated rings. The Hall–Kier alpha value is -2.89. The van der Waals surface area contributed by atoms with E-state index in [-0.39, 0.29) is 11.7 Å². The maximum Gasteiger partial charge on any atom is 0.244 e. The van der Waals surface area contributed by atoms with Gasteiger partial charge in [-0.3, -0.25) is 4.79 Å². The second kappa shape index (κ2) is 9.16. The van der Waals surface area contributed by atoms with Gasteiger partial charge in [0, 0.05) is 31.9 Å². The number of nitrogens with one attached hydrogen (secondary N) is 1. The largest absolute Gasteiger partial charge is 0.494 e. The summed E-state index contributed by atoms with van der Waals surface area (Å²) < 4.78 is 18.5. The van der Waals surface area contributed by atoms with Crippen molar-refractivity contribution in [1.82, 2.24) is 10.3 Å². The van der Waals surface area contributed by atoms with Gasteiger partial charge in [0.1, 0.15) is 5.82 Å². The van der Waals surface area contributed by atoms with Gasteiger partial charge in [0.15, 0.2) is 11.6 Å². The predicted molar refractivity (Wildman–Crippen MR) is 104 cm³/mol. The molecule has 0 saturated carbocycles. The molecule has 1 aromatic heterocycles. The minimum atomic E-state index is -0.456. The number of pyridine rings is 1. The van der Waals surface area contributed by atoms with Gasteiger partial charge in [0.25, 0.3) is 0 Å². The van der Waals surface area contributed by atoms with Crippen LogP contribution in [0.3, 0.4) is 0 Å². The Kier molecular flexibility index (Phi) is 6.41. The molecular formula is C21H24FN3O2. The van der Waals surface area contributed by atoms with Gasteiger partial charge in [-0.05, 0) is 60.7 Å². The number of nitrogens with zero attached hydrogens (tertiary/aromatic N) is 2. The van der Waals surface area contributed by atoms with Crippen molar-refractivity contribution in [2.75, 3.05) is 25.1 Å². The van der Waals surface area contributed by atoms with Crippen LogP contribution in [0.4, 0.5) is 10.2 Å². The number of halogens is 1. The molecule has 6 heteroatoms.